The van der Waals surface area contributed by atoms with Crippen LogP contribution in [0.4, 0.5) is 11.4 Å². The van der Waals surface area contributed by atoms with Gasteiger partial charge in [0.25, 0.3) is 10.0 Å². The maximum Gasteiger partial charge on any atom is 0.338 e. The number of rotatable bonds is 10. The first-order valence-electron chi connectivity index (χ1n) is 9.94. The number of hydrogen-bond acceptors (Lipinski definition) is 6. The summed E-state index contributed by atoms with van der Waals surface area (Å²) in [5.74, 6) is 0.0474. The van der Waals surface area contributed by atoms with Gasteiger partial charge in [-0.15, -0.1) is 0 Å². The Morgan fingerprint density at radius 1 is 1.07 bits per heavy atom. The van der Waals surface area contributed by atoms with E-state index < -0.39 is 16.0 Å². The average molecular weight is 435 g/mol. The molecule has 0 unspecified atom stereocenters. The van der Waals surface area contributed by atoms with Gasteiger partial charge in [0.05, 0.1) is 24.5 Å². The SMILES string of the molecule is CCC[C@H](C)Nc1ccc(C(=O)OC(C)C)cc1S(=O)(=O)Nc1ccc(OC)cc1. The van der Waals surface area contributed by atoms with Crippen LogP contribution >= 0.6 is 0 Å². The Morgan fingerprint density at radius 2 is 1.73 bits per heavy atom. The van der Waals surface area contributed by atoms with Gasteiger partial charge in [0.1, 0.15) is 10.6 Å². The highest BCUT2D eigenvalue weighted by atomic mass is 32.2. The van der Waals surface area contributed by atoms with E-state index in [1.807, 2.05) is 6.92 Å². The summed E-state index contributed by atoms with van der Waals surface area (Å²) in [6.45, 7) is 7.52. The van der Waals surface area contributed by atoms with Crippen LogP contribution in [-0.4, -0.2) is 33.6 Å². The third-order valence-corrected chi connectivity index (χ3v) is 5.74. The van der Waals surface area contributed by atoms with E-state index in [1.165, 1.54) is 13.2 Å². The van der Waals surface area contributed by atoms with Gasteiger partial charge >= 0.3 is 5.97 Å². The van der Waals surface area contributed by atoms with E-state index in [1.54, 1.807) is 50.2 Å². The lowest BCUT2D eigenvalue weighted by molar-refractivity contribution is 0.0377. The van der Waals surface area contributed by atoms with Crippen molar-refractivity contribution >= 4 is 27.4 Å². The maximum absolute atomic E-state index is 13.2. The van der Waals surface area contributed by atoms with Gasteiger partial charge in [-0.2, -0.15) is 0 Å². The Hall–Kier alpha value is -2.74. The molecule has 2 aromatic rings. The lowest BCUT2D eigenvalue weighted by atomic mass is 10.1. The lowest BCUT2D eigenvalue weighted by Gasteiger charge is -2.19. The van der Waals surface area contributed by atoms with E-state index in [0.29, 0.717) is 17.1 Å². The molecule has 0 aliphatic heterocycles. The number of carbonyl (C=O) groups is 1. The molecule has 164 valence electrons. The van der Waals surface area contributed by atoms with Gasteiger partial charge in [-0.1, -0.05) is 13.3 Å². The normalized spacial score (nSPS) is 12.3. The fourth-order valence-electron chi connectivity index (χ4n) is 2.91. The average Bonchev–Trinajstić information content (AvgIpc) is 2.68. The zero-order chi connectivity index (χ0) is 22.3. The Morgan fingerprint density at radius 3 is 2.30 bits per heavy atom. The second kappa shape index (κ2) is 10.3. The van der Waals surface area contributed by atoms with Crippen LogP contribution in [0.3, 0.4) is 0 Å². The molecule has 0 fully saturated rings. The summed E-state index contributed by atoms with van der Waals surface area (Å²) in [7, 11) is -2.43. The molecule has 0 radical (unpaired) electrons. The zero-order valence-corrected chi connectivity index (χ0v) is 18.9. The number of sulfonamides is 1. The van der Waals surface area contributed by atoms with Crippen molar-refractivity contribution in [2.45, 2.75) is 57.6 Å². The fraction of sp³-hybridized carbons (Fsp3) is 0.409. The summed E-state index contributed by atoms with van der Waals surface area (Å²) >= 11 is 0. The Kier molecular flexibility index (Phi) is 8.11. The van der Waals surface area contributed by atoms with E-state index in [2.05, 4.69) is 17.0 Å². The summed E-state index contributed by atoms with van der Waals surface area (Å²) in [5.41, 5.74) is 0.990. The minimum atomic E-state index is -3.97. The summed E-state index contributed by atoms with van der Waals surface area (Å²) in [6.07, 6.45) is 1.53. The molecule has 0 saturated heterocycles. The van der Waals surface area contributed by atoms with Gasteiger partial charge in [0.15, 0.2) is 0 Å². The number of ether oxygens (including phenoxy) is 2. The highest BCUT2D eigenvalue weighted by Gasteiger charge is 2.23. The molecule has 30 heavy (non-hydrogen) atoms. The van der Waals surface area contributed by atoms with Gasteiger partial charge in [0.2, 0.25) is 0 Å². The summed E-state index contributed by atoms with van der Waals surface area (Å²) in [5, 5.41) is 3.24. The summed E-state index contributed by atoms with van der Waals surface area (Å²) in [4.78, 5) is 12.3. The van der Waals surface area contributed by atoms with Gasteiger partial charge in [0, 0.05) is 11.7 Å². The van der Waals surface area contributed by atoms with Gasteiger partial charge in [-0.3, -0.25) is 4.72 Å². The molecular formula is C22H30N2O5S. The minimum absolute atomic E-state index is 0.0144. The third kappa shape index (κ3) is 6.38. The molecular weight excluding hydrogens is 404 g/mol. The molecule has 2 aromatic carbocycles. The van der Waals surface area contributed by atoms with E-state index >= 15 is 0 Å². The molecule has 0 aromatic heterocycles. The smallest absolute Gasteiger partial charge is 0.338 e. The molecule has 0 heterocycles. The first-order valence-corrected chi connectivity index (χ1v) is 11.4. The molecule has 2 rings (SSSR count). The number of esters is 1. The van der Waals surface area contributed by atoms with Crippen molar-refractivity contribution in [2.75, 3.05) is 17.1 Å². The minimum Gasteiger partial charge on any atom is -0.497 e. The molecule has 7 nitrogen and oxygen atoms in total. The van der Waals surface area contributed by atoms with E-state index in [-0.39, 0.29) is 22.6 Å². The molecule has 2 N–H and O–H groups in total. The lowest BCUT2D eigenvalue weighted by Crippen LogP contribution is -2.21. The monoisotopic (exact) mass is 434 g/mol. The standard InChI is InChI=1S/C22H30N2O5S/c1-6-7-16(4)23-20-13-8-17(22(25)29-15(2)3)14-21(20)30(26,27)24-18-9-11-19(28-5)12-10-18/h8-16,23-24H,6-7H2,1-5H3/t16-/m0/s1. The Bertz CT molecular complexity index is 956. The second-order valence-corrected chi connectivity index (χ2v) is 8.98. The van der Waals surface area contributed by atoms with Gasteiger partial charge in [-0.25, -0.2) is 13.2 Å². The van der Waals surface area contributed by atoms with E-state index in [9.17, 15) is 13.2 Å². The highest BCUT2D eigenvalue weighted by molar-refractivity contribution is 7.92. The molecule has 0 aliphatic carbocycles. The number of methoxy groups -OCH3 is 1. The first-order chi connectivity index (χ1) is 14.2. The quantitative estimate of drug-likeness (QED) is 0.528. The van der Waals surface area contributed by atoms with Crippen molar-refractivity contribution in [2.24, 2.45) is 0 Å². The van der Waals surface area contributed by atoms with Crippen LogP contribution in [0.25, 0.3) is 0 Å². The van der Waals surface area contributed by atoms with E-state index in [0.717, 1.165) is 12.8 Å². The van der Waals surface area contributed by atoms with Crippen LogP contribution in [0, 0.1) is 0 Å². The molecule has 0 aliphatic rings. The van der Waals surface area contributed by atoms with Gasteiger partial charge < -0.3 is 14.8 Å². The van der Waals surface area contributed by atoms with Crippen molar-refractivity contribution in [3.8, 4) is 5.75 Å². The van der Waals surface area contributed by atoms with Crippen molar-refractivity contribution in [3.63, 3.8) is 0 Å². The van der Waals surface area contributed by atoms with Crippen molar-refractivity contribution in [1.29, 1.82) is 0 Å². The van der Waals surface area contributed by atoms with Crippen LogP contribution < -0.4 is 14.8 Å². The van der Waals surface area contributed by atoms with E-state index in [4.69, 9.17) is 9.47 Å². The summed E-state index contributed by atoms with van der Waals surface area (Å²) in [6, 6.07) is 11.1. The maximum atomic E-state index is 13.2. The topological polar surface area (TPSA) is 93.7 Å². The molecule has 1 atom stereocenters. The van der Waals surface area contributed by atoms with Crippen LogP contribution in [0.2, 0.25) is 0 Å². The molecule has 0 bridgehead atoms. The largest absolute Gasteiger partial charge is 0.497 e. The van der Waals surface area contributed by atoms with Crippen molar-refractivity contribution < 1.29 is 22.7 Å². The number of hydrogen-bond donors (Lipinski definition) is 2. The predicted molar refractivity (Wildman–Crippen MR) is 119 cm³/mol. The fourth-order valence-corrected chi connectivity index (χ4v) is 4.17. The summed E-state index contributed by atoms with van der Waals surface area (Å²) < 4.78 is 39.2. The Balaban J connectivity index is 2.43. The van der Waals surface area contributed by atoms with Crippen LogP contribution in [0.1, 0.15) is 50.9 Å². The molecule has 8 heteroatoms. The second-order valence-electron chi connectivity index (χ2n) is 7.33. The molecule has 0 saturated carbocycles. The highest BCUT2D eigenvalue weighted by Crippen LogP contribution is 2.27. The van der Waals surface area contributed by atoms with Gasteiger partial charge in [-0.05, 0) is 69.7 Å². The Labute approximate surface area is 178 Å². The molecule has 0 spiro atoms. The van der Waals surface area contributed by atoms with Crippen molar-refractivity contribution in [1.82, 2.24) is 0 Å². The zero-order valence-electron chi connectivity index (χ0n) is 18.1. The van der Waals surface area contributed by atoms with Crippen LogP contribution in [-0.2, 0) is 14.8 Å². The predicted octanol–water partition coefficient (Wildman–Crippen LogP) is 4.66. The third-order valence-electron chi connectivity index (χ3n) is 4.32. The van der Waals surface area contributed by atoms with Crippen molar-refractivity contribution in [3.05, 3.63) is 48.0 Å². The number of nitrogens with one attached hydrogen (secondary N) is 2. The number of anilines is 2. The number of carbonyl (C=O) groups excluding carboxylic acids is 1. The van der Waals surface area contributed by atoms with Crippen LogP contribution in [0.5, 0.6) is 5.75 Å². The molecule has 0 amide bonds. The number of benzene rings is 2. The van der Waals surface area contributed by atoms with Crippen LogP contribution in [0.15, 0.2) is 47.4 Å². The first kappa shape index (κ1) is 23.5.